The van der Waals surface area contributed by atoms with E-state index in [0.717, 1.165) is 32.4 Å². The van der Waals surface area contributed by atoms with Crippen molar-refractivity contribution in [3.63, 3.8) is 0 Å². The van der Waals surface area contributed by atoms with Gasteiger partial charge in [-0.15, -0.1) is 0 Å². The molecular weight excluding hydrogens is 496 g/mol. The van der Waals surface area contributed by atoms with E-state index in [-0.39, 0.29) is 48.7 Å². The minimum atomic E-state index is -0.0685. The first-order valence-corrected chi connectivity index (χ1v) is 16.5. The molecule has 0 fully saturated rings. The Bertz CT molecular complexity index is 1020. The van der Waals surface area contributed by atoms with Crippen LogP contribution in [0.1, 0.15) is 168 Å². The lowest BCUT2D eigenvalue weighted by molar-refractivity contribution is -0.0663. The third-order valence-electron chi connectivity index (χ3n) is 14.0. The molecule has 0 radical (unpaired) electrons. The second kappa shape index (κ2) is 11.6. The summed E-state index contributed by atoms with van der Waals surface area (Å²) < 4.78 is 0. The summed E-state index contributed by atoms with van der Waals surface area (Å²) in [6.45, 7) is 47.9. The van der Waals surface area contributed by atoms with Gasteiger partial charge in [-0.2, -0.15) is 0 Å². The number of nitrogens with two attached hydrogens (primary N) is 2. The Kier molecular flexibility index (Phi) is 10.8. The fraction of sp³-hybridized carbons (Fsp3) is 0.846. The van der Waals surface area contributed by atoms with Gasteiger partial charge in [-0.1, -0.05) is 150 Å². The van der Waals surface area contributed by atoms with Gasteiger partial charge in [0, 0.05) is 0 Å². The molecule has 1 rings (SSSR count). The number of benzene rings is 1. The Hall–Kier alpha value is -0.860. The first kappa shape index (κ1) is 38.2. The molecule has 0 saturated heterocycles. The molecule has 0 atom stereocenters. The predicted molar refractivity (Wildman–Crippen MR) is 186 cm³/mol. The maximum Gasteiger partial charge on any atom is -0.00469 e. The van der Waals surface area contributed by atoms with Crippen molar-refractivity contribution in [1.29, 1.82) is 0 Å². The van der Waals surface area contributed by atoms with Gasteiger partial charge >= 0.3 is 0 Å². The average Bonchev–Trinajstić information content (AvgIpc) is 2.76. The molecule has 4 N–H and O–H groups in total. The third-order valence-corrected chi connectivity index (χ3v) is 14.0. The van der Waals surface area contributed by atoms with Crippen LogP contribution in [0.3, 0.4) is 0 Å². The third kappa shape index (κ3) is 6.95. The van der Waals surface area contributed by atoms with Gasteiger partial charge in [-0.25, -0.2) is 0 Å². The van der Waals surface area contributed by atoms with E-state index in [1.54, 1.807) is 0 Å². The zero-order chi connectivity index (χ0) is 32.9. The Morgan fingerprint density at radius 1 is 0.415 bits per heavy atom. The van der Waals surface area contributed by atoms with Crippen LogP contribution in [0.5, 0.6) is 0 Å². The smallest absolute Gasteiger partial charge is 0.00469 e. The zero-order valence-electron chi connectivity index (χ0n) is 31.4. The molecule has 41 heavy (non-hydrogen) atoms. The summed E-state index contributed by atoms with van der Waals surface area (Å²) in [7, 11) is 0. The van der Waals surface area contributed by atoms with Gasteiger partial charge < -0.3 is 11.5 Å². The van der Waals surface area contributed by atoms with Crippen molar-refractivity contribution in [2.75, 3.05) is 13.1 Å². The van der Waals surface area contributed by atoms with E-state index in [0.29, 0.717) is 0 Å². The van der Waals surface area contributed by atoms with Gasteiger partial charge in [0.1, 0.15) is 0 Å². The Morgan fingerprint density at radius 2 is 0.780 bits per heavy atom. The Balaban J connectivity index is 3.91. The second-order valence-electron chi connectivity index (χ2n) is 19.3. The number of rotatable bonds is 13. The molecule has 2 heteroatoms. The molecule has 0 spiro atoms. The van der Waals surface area contributed by atoms with Crippen LogP contribution >= 0.6 is 0 Å². The van der Waals surface area contributed by atoms with E-state index < -0.39 is 0 Å². The highest BCUT2D eigenvalue weighted by molar-refractivity contribution is 5.42. The molecular formula is C39H74N2. The second-order valence-corrected chi connectivity index (χ2v) is 19.3. The fourth-order valence-corrected chi connectivity index (χ4v) is 7.10. The first-order chi connectivity index (χ1) is 17.9. The molecule has 0 heterocycles. The summed E-state index contributed by atoms with van der Waals surface area (Å²) in [6, 6.07) is 7.62. The van der Waals surface area contributed by atoms with Crippen molar-refractivity contribution in [2.24, 2.45) is 44.0 Å². The summed E-state index contributed by atoms with van der Waals surface area (Å²) in [4.78, 5) is 0. The van der Waals surface area contributed by atoms with Gasteiger partial charge in [0.25, 0.3) is 0 Å². The SMILES string of the molecule is CC(C)(C)c1cc(C(C)(C)C(C)(C)CC(C)(C)C(C)(C)CCN)cc(C(C)(C)C(C)(C)C(C)(C)C(C)(C)CCN)c1. The molecule has 0 unspecified atom stereocenters. The van der Waals surface area contributed by atoms with Gasteiger partial charge in [-0.3, -0.25) is 0 Å². The summed E-state index contributed by atoms with van der Waals surface area (Å²) in [5, 5.41) is 0. The lowest BCUT2D eigenvalue weighted by Crippen LogP contribution is -2.54. The molecule has 0 aliphatic heterocycles. The molecule has 240 valence electrons. The molecule has 0 amide bonds. The molecule has 0 aromatic heterocycles. The molecule has 1 aromatic carbocycles. The molecule has 2 nitrogen and oxygen atoms in total. The van der Waals surface area contributed by atoms with Crippen LogP contribution < -0.4 is 11.5 Å². The summed E-state index contributed by atoms with van der Waals surface area (Å²) >= 11 is 0. The van der Waals surface area contributed by atoms with Crippen molar-refractivity contribution in [1.82, 2.24) is 0 Å². The Labute approximate surface area is 258 Å². The van der Waals surface area contributed by atoms with E-state index in [4.69, 9.17) is 11.5 Å². The van der Waals surface area contributed by atoms with Crippen molar-refractivity contribution >= 4 is 0 Å². The lowest BCUT2D eigenvalue weighted by atomic mass is 9.45. The van der Waals surface area contributed by atoms with Crippen molar-refractivity contribution in [3.05, 3.63) is 34.9 Å². The molecule has 1 aromatic rings. The highest BCUT2D eigenvalue weighted by Gasteiger charge is 2.55. The van der Waals surface area contributed by atoms with Crippen LogP contribution in [0.15, 0.2) is 18.2 Å². The van der Waals surface area contributed by atoms with E-state index in [1.165, 1.54) is 16.7 Å². The summed E-state index contributed by atoms with van der Waals surface area (Å²) in [5.41, 5.74) is 17.0. The molecule has 0 aliphatic rings. The number of hydrogen-bond acceptors (Lipinski definition) is 2. The minimum absolute atomic E-state index is 0.000344. The molecule has 0 bridgehead atoms. The lowest BCUT2D eigenvalue weighted by Gasteiger charge is -2.59. The van der Waals surface area contributed by atoms with Crippen LogP contribution in [0.2, 0.25) is 0 Å². The van der Waals surface area contributed by atoms with Crippen molar-refractivity contribution in [2.45, 2.75) is 167 Å². The molecule has 0 aliphatic carbocycles. The van der Waals surface area contributed by atoms with Gasteiger partial charge in [-0.05, 0) is 97.8 Å². The van der Waals surface area contributed by atoms with Gasteiger partial charge in [0.05, 0.1) is 0 Å². The van der Waals surface area contributed by atoms with Crippen LogP contribution in [-0.4, -0.2) is 13.1 Å². The maximum absolute atomic E-state index is 6.13. The van der Waals surface area contributed by atoms with Gasteiger partial charge in [0.2, 0.25) is 0 Å². The highest BCUT2D eigenvalue weighted by atomic mass is 14.6. The van der Waals surface area contributed by atoms with Gasteiger partial charge in [0.15, 0.2) is 0 Å². The maximum atomic E-state index is 6.13. The van der Waals surface area contributed by atoms with Crippen LogP contribution in [0.25, 0.3) is 0 Å². The highest BCUT2D eigenvalue weighted by Crippen LogP contribution is 2.61. The van der Waals surface area contributed by atoms with Crippen LogP contribution in [-0.2, 0) is 16.2 Å². The number of hydrogen-bond donors (Lipinski definition) is 2. The van der Waals surface area contributed by atoms with Crippen molar-refractivity contribution in [3.8, 4) is 0 Å². The zero-order valence-corrected chi connectivity index (χ0v) is 31.4. The van der Waals surface area contributed by atoms with E-state index in [2.05, 4.69) is 150 Å². The summed E-state index contributed by atoms with van der Waals surface area (Å²) in [5.74, 6) is 0. The normalized spacial score (nSPS) is 15.4. The van der Waals surface area contributed by atoms with Crippen molar-refractivity contribution < 1.29 is 0 Å². The summed E-state index contributed by atoms with van der Waals surface area (Å²) in [6.07, 6.45) is 3.19. The standard InChI is InChI=1S/C39H74N2/c1-31(2,3)28-24-29(36(12,13)35(10,11)27-34(8,9)32(4,5)20-22-40)26-30(25-28)37(14,15)39(18,19)38(16,17)33(6,7)21-23-41/h24-26H,20-23,27,40-41H2,1-19H3. The van der Waals surface area contributed by atoms with Crippen LogP contribution in [0.4, 0.5) is 0 Å². The average molecular weight is 571 g/mol. The van der Waals surface area contributed by atoms with E-state index in [1.807, 2.05) is 0 Å². The van der Waals surface area contributed by atoms with E-state index in [9.17, 15) is 0 Å². The monoisotopic (exact) mass is 571 g/mol. The van der Waals surface area contributed by atoms with E-state index >= 15 is 0 Å². The topological polar surface area (TPSA) is 52.0 Å². The Morgan fingerprint density at radius 3 is 1.17 bits per heavy atom. The molecule has 0 saturated carbocycles. The largest absolute Gasteiger partial charge is 0.330 e. The predicted octanol–water partition coefficient (Wildman–Crippen LogP) is 10.8. The minimum Gasteiger partial charge on any atom is -0.330 e. The van der Waals surface area contributed by atoms with Crippen LogP contribution in [0, 0.1) is 32.5 Å². The quantitative estimate of drug-likeness (QED) is 0.248. The first-order valence-electron chi connectivity index (χ1n) is 16.5. The fourth-order valence-electron chi connectivity index (χ4n) is 7.10.